The number of methoxy groups -OCH3 is 1. The third-order valence-electron chi connectivity index (χ3n) is 3.97. The zero-order valence-electron chi connectivity index (χ0n) is 11.8. The predicted octanol–water partition coefficient (Wildman–Crippen LogP) is 3.62. The van der Waals surface area contributed by atoms with Crippen LogP contribution in [0.25, 0.3) is 0 Å². The molecule has 2 N–H and O–H groups in total. The Labute approximate surface area is 120 Å². The molecule has 1 fully saturated rings. The second-order valence-corrected chi connectivity index (χ2v) is 5.19. The van der Waals surface area contributed by atoms with E-state index in [1.807, 2.05) is 24.3 Å². The molecule has 0 radical (unpaired) electrons. The van der Waals surface area contributed by atoms with Gasteiger partial charge >= 0.3 is 0 Å². The number of rotatable bonds is 3. The van der Waals surface area contributed by atoms with Crippen molar-refractivity contribution >= 4 is 11.4 Å². The van der Waals surface area contributed by atoms with Crippen LogP contribution in [-0.2, 0) is 0 Å². The van der Waals surface area contributed by atoms with Crippen LogP contribution >= 0.6 is 0 Å². The number of nitrogens with zero attached hydrogens (tertiary/aromatic N) is 1. The average Bonchev–Trinajstić information content (AvgIpc) is 2.97. The number of ether oxygens (including phenoxy) is 1. The highest BCUT2D eigenvalue weighted by Gasteiger charge is 2.27. The second kappa shape index (κ2) is 5.45. The Morgan fingerprint density at radius 1 is 1.10 bits per heavy atom. The zero-order chi connectivity index (χ0) is 13.9. The van der Waals surface area contributed by atoms with Crippen LogP contribution in [0.5, 0.6) is 5.75 Å². The quantitative estimate of drug-likeness (QED) is 0.864. The molecule has 0 aliphatic carbocycles. The van der Waals surface area contributed by atoms with Crippen molar-refractivity contribution in [1.82, 2.24) is 0 Å². The van der Waals surface area contributed by atoms with Gasteiger partial charge in [-0.1, -0.05) is 24.3 Å². The van der Waals surface area contributed by atoms with Crippen molar-refractivity contribution in [2.75, 3.05) is 24.3 Å². The first kappa shape index (κ1) is 12.9. The summed E-state index contributed by atoms with van der Waals surface area (Å²) in [6, 6.07) is 16.9. The maximum Gasteiger partial charge on any atom is 0.142 e. The fourth-order valence-electron chi connectivity index (χ4n) is 2.99. The number of hydrogen-bond donors (Lipinski definition) is 1. The molecule has 1 saturated heterocycles. The van der Waals surface area contributed by atoms with Crippen LogP contribution in [0.3, 0.4) is 0 Å². The van der Waals surface area contributed by atoms with Crippen molar-refractivity contribution in [2.45, 2.75) is 18.9 Å². The van der Waals surface area contributed by atoms with Crippen LogP contribution in [0.15, 0.2) is 48.5 Å². The van der Waals surface area contributed by atoms with E-state index in [0.29, 0.717) is 6.04 Å². The van der Waals surface area contributed by atoms with Crippen molar-refractivity contribution in [2.24, 2.45) is 0 Å². The van der Waals surface area contributed by atoms with Crippen LogP contribution in [0, 0.1) is 0 Å². The Morgan fingerprint density at radius 2 is 1.85 bits per heavy atom. The molecule has 1 aliphatic rings. The Morgan fingerprint density at radius 3 is 2.60 bits per heavy atom. The number of nitrogens with two attached hydrogens (primary N) is 1. The van der Waals surface area contributed by atoms with Crippen LogP contribution in [0.1, 0.15) is 24.4 Å². The number of hydrogen-bond acceptors (Lipinski definition) is 3. The molecule has 1 atom stereocenters. The molecule has 0 bridgehead atoms. The number of nitrogen functional groups attached to an aromatic ring is 1. The molecule has 20 heavy (non-hydrogen) atoms. The molecule has 104 valence electrons. The maximum absolute atomic E-state index is 5.78. The molecule has 3 nitrogen and oxygen atoms in total. The van der Waals surface area contributed by atoms with Gasteiger partial charge in [0.25, 0.3) is 0 Å². The van der Waals surface area contributed by atoms with Crippen LogP contribution < -0.4 is 15.4 Å². The van der Waals surface area contributed by atoms with Gasteiger partial charge in [0.1, 0.15) is 5.75 Å². The highest BCUT2D eigenvalue weighted by molar-refractivity contribution is 5.60. The number of benzene rings is 2. The molecular weight excluding hydrogens is 248 g/mol. The fourth-order valence-corrected chi connectivity index (χ4v) is 2.99. The first-order valence-electron chi connectivity index (χ1n) is 7.04. The minimum absolute atomic E-state index is 0.409. The lowest BCUT2D eigenvalue weighted by Crippen LogP contribution is -2.23. The van der Waals surface area contributed by atoms with Gasteiger partial charge in [0.05, 0.1) is 18.8 Å². The molecule has 2 aromatic carbocycles. The van der Waals surface area contributed by atoms with E-state index in [1.54, 1.807) is 7.11 Å². The van der Waals surface area contributed by atoms with Gasteiger partial charge in [-0.2, -0.15) is 0 Å². The first-order chi connectivity index (χ1) is 9.79. The van der Waals surface area contributed by atoms with Gasteiger partial charge in [0.2, 0.25) is 0 Å². The molecule has 0 amide bonds. The third kappa shape index (κ3) is 2.31. The first-order valence-corrected chi connectivity index (χ1v) is 7.04. The van der Waals surface area contributed by atoms with E-state index in [9.17, 15) is 0 Å². The van der Waals surface area contributed by atoms with E-state index in [1.165, 1.54) is 24.1 Å². The molecule has 0 saturated carbocycles. The Bertz CT molecular complexity index is 580. The summed E-state index contributed by atoms with van der Waals surface area (Å²) in [5.41, 5.74) is 9.10. The fraction of sp³-hybridized carbons (Fsp3) is 0.294. The van der Waals surface area contributed by atoms with Gasteiger partial charge in [-0.25, -0.2) is 0 Å². The maximum atomic E-state index is 5.78. The summed E-state index contributed by atoms with van der Waals surface area (Å²) in [5.74, 6) is 0.940. The minimum Gasteiger partial charge on any atom is -0.495 e. The summed E-state index contributed by atoms with van der Waals surface area (Å²) in [5, 5.41) is 0. The summed E-state index contributed by atoms with van der Waals surface area (Å²) >= 11 is 0. The van der Waals surface area contributed by atoms with E-state index >= 15 is 0 Å². The van der Waals surface area contributed by atoms with Crippen LogP contribution in [-0.4, -0.2) is 13.7 Å². The van der Waals surface area contributed by atoms with Crippen molar-refractivity contribution in [3.05, 3.63) is 54.1 Å². The smallest absolute Gasteiger partial charge is 0.142 e. The van der Waals surface area contributed by atoms with E-state index in [0.717, 1.165) is 18.0 Å². The predicted molar refractivity (Wildman–Crippen MR) is 83.2 cm³/mol. The zero-order valence-corrected chi connectivity index (χ0v) is 11.8. The van der Waals surface area contributed by atoms with Gasteiger partial charge in [-0.15, -0.1) is 0 Å². The topological polar surface area (TPSA) is 38.5 Å². The largest absolute Gasteiger partial charge is 0.495 e. The summed E-state index contributed by atoms with van der Waals surface area (Å²) in [6.07, 6.45) is 2.37. The summed E-state index contributed by atoms with van der Waals surface area (Å²) in [6.45, 7) is 1.06. The number of para-hydroxylation sites is 2. The molecule has 0 aromatic heterocycles. The lowest BCUT2D eigenvalue weighted by Gasteiger charge is -2.28. The SMILES string of the molecule is COc1ccccc1N1CCCC1c1ccc(N)cc1. The molecule has 2 aromatic rings. The van der Waals surface area contributed by atoms with Gasteiger partial charge in [0.15, 0.2) is 0 Å². The minimum atomic E-state index is 0.409. The monoisotopic (exact) mass is 268 g/mol. The Kier molecular flexibility index (Phi) is 3.50. The van der Waals surface area contributed by atoms with E-state index in [4.69, 9.17) is 10.5 Å². The number of anilines is 2. The summed E-state index contributed by atoms with van der Waals surface area (Å²) in [4.78, 5) is 2.43. The molecule has 3 rings (SSSR count). The Balaban J connectivity index is 1.94. The summed E-state index contributed by atoms with van der Waals surface area (Å²) < 4.78 is 5.50. The molecule has 1 aliphatic heterocycles. The molecular formula is C17H20N2O. The highest BCUT2D eigenvalue weighted by atomic mass is 16.5. The van der Waals surface area contributed by atoms with Crippen molar-refractivity contribution < 1.29 is 4.74 Å². The average molecular weight is 268 g/mol. The molecule has 1 unspecified atom stereocenters. The molecule has 3 heteroatoms. The standard InChI is InChI=1S/C17H20N2O/c1-20-17-7-3-2-5-16(17)19-12-4-6-15(19)13-8-10-14(18)11-9-13/h2-3,5,7-11,15H,4,6,12,18H2,1H3. The summed E-state index contributed by atoms with van der Waals surface area (Å²) in [7, 11) is 1.73. The van der Waals surface area contributed by atoms with Crippen LogP contribution in [0.2, 0.25) is 0 Å². The van der Waals surface area contributed by atoms with E-state index in [-0.39, 0.29) is 0 Å². The second-order valence-electron chi connectivity index (χ2n) is 5.19. The van der Waals surface area contributed by atoms with Gasteiger partial charge in [-0.3, -0.25) is 0 Å². The third-order valence-corrected chi connectivity index (χ3v) is 3.97. The van der Waals surface area contributed by atoms with Gasteiger partial charge in [-0.05, 0) is 42.7 Å². The lowest BCUT2D eigenvalue weighted by atomic mass is 10.0. The van der Waals surface area contributed by atoms with Crippen molar-refractivity contribution in [1.29, 1.82) is 0 Å². The highest BCUT2D eigenvalue weighted by Crippen LogP contribution is 2.40. The lowest BCUT2D eigenvalue weighted by molar-refractivity contribution is 0.414. The molecule has 1 heterocycles. The van der Waals surface area contributed by atoms with Gasteiger partial charge in [0, 0.05) is 12.2 Å². The van der Waals surface area contributed by atoms with Crippen LogP contribution in [0.4, 0.5) is 11.4 Å². The van der Waals surface area contributed by atoms with Crippen molar-refractivity contribution in [3.8, 4) is 5.75 Å². The molecule has 0 spiro atoms. The van der Waals surface area contributed by atoms with E-state index in [2.05, 4.69) is 29.2 Å². The van der Waals surface area contributed by atoms with Gasteiger partial charge < -0.3 is 15.4 Å². The Hall–Kier alpha value is -2.16. The normalized spacial score (nSPS) is 18.2. The van der Waals surface area contributed by atoms with Crippen molar-refractivity contribution in [3.63, 3.8) is 0 Å². The van der Waals surface area contributed by atoms with E-state index < -0.39 is 0 Å².